The van der Waals surface area contributed by atoms with E-state index < -0.39 is 6.23 Å². The number of aliphatic hydroxyl groups excluding tert-OH is 1. The van der Waals surface area contributed by atoms with Crippen LogP contribution in [-0.2, 0) is 4.79 Å². The lowest BCUT2D eigenvalue weighted by Crippen LogP contribution is -2.28. The van der Waals surface area contributed by atoms with E-state index in [0.717, 1.165) is 0 Å². The number of hydrogen-bond donors (Lipinski definition) is 2. The molecule has 0 aliphatic rings. The number of benzene rings is 1. The third-order valence-electron chi connectivity index (χ3n) is 1.77. The van der Waals surface area contributed by atoms with Gasteiger partial charge in [0.15, 0.2) is 6.23 Å². The quantitative estimate of drug-likeness (QED) is 0.560. The van der Waals surface area contributed by atoms with Gasteiger partial charge in [0.25, 0.3) is 0 Å². The molecule has 14 heavy (non-hydrogen) atoms. The highest BCUT2D eigenvalue weighted by atomic mass is 16.3. The van der Waals surface area contributed by atoms with Crippen molar-refractivity contribution >= 4 is 5.91 Å². The first-order chi connectivity index (χ1) is 6.61. The molecule has 1 atom stereocenters. The molecule has 0 bridgehead atoms. The molecule has 74 valence electrons. The molecule has 1 unspecified atom stereocenters. The van der Waals surface area contributed by atoms with Crippen LogP contribution in [0.4, 0.5) is 0 Å². The van der Waals surface area contributed by atoms with E-state index >= 15 is 0 Å². The first-order valence-corrected chi connectivity index (χ1v) is 4.30. The lowest BCUT2D eigenvalue weighted by molar-refractivity contribution is -0.120. The number of carbonyl (C=O) groups is 1. The van der Waals surface area contributed by atoms with Gasteiger partial charge >= 0.3 is 0 Å². The summed E-state index contributed by atoms with van der Waals surface area (Å²) in [5.74, 6) is -0.346. The van der Waals surface area contributed by atoms with Crippen molar-refractivity contribution in [2.24, 2.45) is 0 Å². The van der Waals surface area contributed by atoms with Gasteiger partial charge in [-0.25, -0.2) is 0 Å². The van der Waals surface area contributed by atoms with Crippen LogP contribution in [0.2, 0.25) is 0 Å². The predicted molar refractivity (Wildman–Crippen MR) is 54.4 cm³/mol. The Balaban J connectivity index is 2.64. The Labute approximate surface area is 83.1 Å². The summed E-state index contributed by atoms with van der Waals surface area (Å²) in [5, 5.41) is 12.0. The van der Waals surface area contributed by atoms with Crippen molar-refractivity contribution in [2.75, 3.05) is 0 Å². The summed E-state index contributed by atoms with van der Waals surface area (Å²) in [6, 6.07) is 8.92. The van der Waals surface area contributed by atoms with E-state index in [1.54, 1.807) is 31.2 Å². The molecule has 0 heterocycles. The van der Waals surface area contributed by atoms with E-state index in [0.29, 0.717) is 11.1 Å². The molecule has 1 aromatic rings. The zero-order valence-corrected chi connectivity index (χ0v) is 8.03. The van der Waals surface area contributed by atoms with Gasteiger partial charge in [0.1, 0.15) is 0 Å². The number of nitrogens with one attached hydrogen (secondary N) is 1. The monoisotopic (exact) mass is 191 g/mol. The lowest BCUT2D eigenvalue weighted by atomic mass is 10.2. The highest BCUT2D eigenvalue weighted by molar-refractivity contribution is 5.92. The SMILES string of the molecule is C=C(C)C(=O)NC(O)c1ccccc1. The molecule has 0 aromatic heterocycles. The highest BCUT2D eigenvalue weighted by Crippen LogP contribution is 2.08. The van der Waals surface area contributed by atoms with Gasteiger partial charge in [-0.05, 0) is 6.92 Å². The first kappa shape index (κ1) is 10.5. The second-order valence-electron chi connectivity index (χ2n) is 3.07. The summed E-state index contributed by atoms with van der Waals surface area (Å²) < 4.78 is 0. The fourth-order valence-corrected chi connectivity index (χ4v) is 0.966. The molecule has 3 nitrogen and oxygen atoms in total. The largest absolute Gasteiger partial charge is 0.369 e. The number of amides is 1. The van der Waals surface area contributed by atoms with Crippen LogP contribution in [0, 0.1) is 0 Å². The number of carbonyl (C=O) groups excluding carboxylic acids is 1. The Bertz CT molecular complexity index is 332. The molecule has 0 aliphatic heterocycles. The van der Waals surface area contributed by atoms with E-state index in [2.05, 4.69) is 11.9 Å². The molecule has 1 rings (SSSR count). The van der Waals surface area contributed by atoms with Crippen molar-refractivity contribution in [3.8, 4) is 0 Å². The minimum atomic E-state index is -0.972. The summed E-state index contributed by atoms with van der Waals surface area (Å²) in [6.07, 6.45) is -0.972. The summed E-state index contributed by atoms with van der Waals surface area (Å²) in [6.45, 7) is 5.07. The molecule has 1 aromatic carbocycles. The van der Waals surface area contributed by atoms with Crippen LogP contribution in [-0.4, -0.2) is 11.0 Å². The van der Waals surface area contributed by atoms with Gasteiger partial charge in [-0.1, -0.05) is 36.9 Å². The fourth-order valence-electron chi connectivity index (χ4n) is 0.966. The summed E-state index contributed by atoms with van der Waals surface area (Å²) in [5.41, 5.74) is 1.03. The van der Waals surface area contributed by atoms with Crippen molar-refractivity contribution in [1.29, 1.82) is 0 Å². The normalized spacial score (nSPS) is 11.9. The van der Waals surface area contributed by atoms with Crippen LogP contribution in [0.1, 0.15) is 18.7 Å². The molecule has 3 heteroatoms. The molecule has 0 saturated heterocycles. The zero-order valence-electron chi connectivity index (χ0n) is 8.03. The van der Waals surface area contributed by atoms with Crippen LogP contribution in [0.3, 0.4) is 0 Å². The molecular weight excluding hydrogens is 178 g/mol. The maximum Gasteiger partial charge on any atom is 0.248 e. The average Bonchev–Trinajstić information content (AvgIpc) is 2.19. The van der Waals surface area contributed by atoms with Gasteiger partial charge in [-0.3, -0.25) is 4.79 Å². The van der Waals surface area contributed by atoms with Crippen molar-refractivity contribution < 1.29 is 9.90 Å². The highest BCUT2D eigenvalue weighted by Gasteiger charge is 2.10. The van der Waals surface area contributed by atoms with Gasteiger partial charge in [0, 0.05) is 11.1 Å². The smallest absolute Gasteiger partial charge is 0.248 e. The molecule has 2 N–H and O–H groups in total. The van der Waals surface area contributed by atoms with Crippen LogP contribution >= 0.6 is 0 Å². The van der Waals surface area contributed by atoms with Gasteiger partial charge in [0.05, 0.1) is 0 Å². The topological polar surface area (TPSA) is 49.3 Å². The summed E-state index contributed by atoms with van der Waals surface area (Å²) in [7, 11) is 0. The molecule has 0 fully saturated rings. The van der Waals surface area contributed by atoms with Crippen LogP contribution in [0.15, 0.2) is 42.5 Å². The molecule has 0 saturated carbocycles. The van der Waals surface area contributed by atoms with Crippen LogP contribution in [0.5, 0.6) is 0 Å². The second-order valence-corrected chi connectivity index (χ2v) is 3.07. The Hall–Kier alpha value is -1.61. The minimum Gasteiger partial charge on any atom is -0.369 e. The molecular formula is C11H13NO2. The molecule has 1 amide bonds. The van der Waals surface area contributed by atoms with Gasteiger partial charge < -0.3 is 10.4 Å². The van der Waals surface area contributed by atoms with Crippen molar-refractivity contribution in [3.63, 3.8) is 0 Å². The van der Waals surface area contributed by atoms with E-state index in [1.807, 2.05) is 6.07 Å². The maximum absolute atomic E-state index is 11.2. The van der Waals surface area contributed by atoms with E-state index in [-0.39, 0.29) is 5.91 Å². The first-order valence-electron chi connectivity index (χ1n) is 4.30. The van der Waals surface area contributed by atoms with Crippen molar-refractivity contribution in [1.82, 2.24) is 5.32 Å². The van der Waals surface area contributed by atoms with E-state index in [9.17, 15) is 9.90 Å². The molecule has 0 spiro atoms. The van der Waals surface area contributed by atoms with Gasteiger partial charge in [-0.2, -0.15) is 0 Å². The van der Waals surface area contributed by atoms with E-state index in [4.69, 9.17) is 0 Å². The lowest BCUT2D eigenvalue weighted by Gasteiger charge is -2.12. The van der Waals surface area contributed by atoms with Gasteiger partial charge in [0.2, 0.25) is 5.91 Å². The summed E-state index contributed by atoms with van der Waals surface area (Å²) in [4.78, 5) is 11.2. The fraction of sp³-hybridized carbons (Fsp3) is 0.182. The van der Waals surface area contributed by atoms with E-state index in [1.165, 1.54) is 0 Å². The van der Waals surface area contributed by atoms with Crippen molar-refractivity contribution in [3.05, 3.63) is 48.0 Å². The number of rotatable bonds is 3. The predicted octanol–water partition coefficient (Wildman–Crippen LogP) is 1.37. The number of aliphatic hydroxyl groups is 1. The zero-order chi connectivity index (χ0) is 10.6. The number of hydrogen-bond acceptors (Lipinski definition) is 2. The van der Waals surface area contributed by atoms with Gasteiger partial charge in [-0.15, -0.1) is 0 Å². The Morgan fingerprint density at radius 1 is 1.43 bits per heavy atom. The standard InChI is InChI=1S/C11H13NO2/c1-8(2)10(13)12-11(14)9-6-4-3-5-7-9/h3-7,11,14H,1H2,2H3,(H,12,13). The average molecular weight is 191 g/mol. The van der Waals surface area contributed by atoms with Crippen molar-refractivity contribution in [2.45, 2.75) is 13.2 Å². The van der Waals surface area contributed by atoms with Crippen LogP contribution < -0.4 is 5.32 Å². The maximum atomic E-state index is 11.2. The Morgan fingerprint density at radius 2 is 2.00 bits per heavy atom. The second kappa shape index (κ2) is 4.58. The molecule has 0 aliphatic carbocycles. The Morgan fingerprint density at radius 3 is 2.50 bits per heavy atom. The van der Waals surface area contributed by atoms with Crippen LogP contribution in [0.25, 0.3) is 0 Å². The summed E-state index contributed by atoms with van der Waals surface area (Å²) >= 11 is 0. The third kappa shape index (κ3) is 2.71. The third-order valence-corrected chi connectivity index (χ3v) is 1.77. The molecule has 0 radical (unpaired) electrons. The minimum absolute atomic E-state index is 0.346. The Kier molecular flexibility index (Phi) is 3.42.